The van der Waals surface area contributed by atoms with Crippen molar-refractivity contribution in [2.24, 2.45) is 11.1 Å². The first kappa shape index (κ1) is 29.1. The lowest BCUT2D eigenvalue weighted by Gasteiger charge is -2.10. The van der Waals surface area contributed by atoms with E-state index in [0.717, 1.165) is 52.9 Å². The summed E-state index contributed by atoms with van der Waals surface area (Å²) in [6.07, 6.45) is 3.33. The number of hydrogen-bond acceptors (Lipinski definition) is 5. The summed E-state index contributed by atoms with van der Waals surface area (Å²) in [4.78, 5) is 16.0. The van der Waals surface area contributed by atoms with Crippen LogP contribution < -0.4 is 5.14 Å². The van der Waals surface area contributed by atoms with Gasteiger partial charge < -0.3 is 5.11 Å². The number of rotatable bonds is 10. The largest absolute Gasteiger partial charge is 0.476 e. The van der Waals surface area contributed by atoms with E-state index in [2.05, 4.69) is 55.2 Å². The highest BCUT2D eigenvalue weighted by atomic mass is 32.2. The number of carbonyl (C=O) groups is 1. The Bertz CT molecular complexity index is 1840. The molecule has 0 bridgehead atoms. The SMILES string of the molecule is CC(C)c1ccc(-c2cccc(-c3nn(-c4nc(C(=O)O)cs4)c(CC4CC4)c3Cc3ccc([SH+](N)=O)c(F)c3)c2)cc1. The van der Waals surface area contributed by atoms with E-state index in [1.54, 1.807) is 10.7 Å². The molecule has 220 valence electrons. The van der Waals surface area contributed by atoms with Crippen molar-refractivity contribution in [3.8, 4) is 27.5 Å². The van der Waals surface area contributed by atoms with E-state index in [1.807, 2.05) is 12.1 Å². The summed E-state index contributed by atoms with van der Waals surface area (Å²) in [6, 6.07) is 21.4. The second kappa shape index (κ2) is 11.9. The van der Waals surface area contributed by atoms with Crippen LogP contribution in [0.3, 0.4) is 0 Å². The van der Waals surface area contributed by atoms with Crippen LogP contribution in [0.1, 0.15) is 65.5 Å². The van der Waals surface area contributed by atoms with E-state index < -0.39 is 22.8 Å². The molecule has 1 fully saturated rings. The topological polar surface area (TPSA) is 111 Å². The number of hydrogen-bond donors (Lipinski definition) is 2. The third-order valence-corrected chi connectivity index (χ3v) is 9.49. The molecule has 7 nitrogen and oxygen atoms in total. The summed E-state index contributed by atoms with van der Waals surface area (Å²) in [7, 11) is -2.30. The molecule has 5 aromatic rings. The first-order valence-electron chi connectivity index (χ1n) is 14.2. The van der Waals surface area contributed by atoms with Gasteiger partial charge in [-0.2, -0.15) is 5.10 Å². The molecule has 0 radical (unpaired) electrons. The zero-order valence-corrected chi connectivity index (χ0v) is 25.5. The average Bonchev–Trinajstić information content (AvgIpc) is 3.55. The molecular formula is C33H32FN4O3S2+. The van der Waals surface area contributed by atoms with Crippen molar-refractivity contribution in [1.29, 1.82) is 0 Å². The van der Waals surface area contributed by atoms with Crippen LogP contribution in [0.15, 0.2) is 77.0 Å². The van der Waals surface area contributed by atoms with Gasteiger partial charge in [0.1, 0.15) is 0 Å². The van der Waals surface area contributed by atoms with Crippen LogP contribution in [0.5, 0.6) is 0 Å². The predicted octanol–water partition coefficient (Wildman–Crippen LogP) is 7.10. The van der Waals surface area contributed by atoms with Gasteiger partial charge in [-0.25, -0.2) is 18.9 Å². The molecule has 1 aliphatic rings. The minimum atomic E-state index is -2.30. The number of aromatic nitrogens is 3. The van der Waals surface area contributed by atoms with Crippen LogP contribution in [0.2, 0.25) is 0 Å². The molecule has 6 rings (SSSR count). The van der Waals surface area contributed by atoms with E-state index in [4.69, 9.17) is 10.2 Å². The molecule has 1 atom stereocenters. The Kier molecular flexibility index (Phi) is 8.09. The number of halogens is 1. The maximum absolute atomic E-state index is 14.9. The summed E-state index contributed by atoms with van der Waals surface area (Å²) in [5, 5.41) is 22.1. The van der Waals surface area contributed by atoms with Crippen LogP contribution in [-0.4, -0.2) is 25.8 Å². The highest BCUT2D eigenvalue weighted by Gasteiger charge is 2.29. The summed E-state index contributed by atoms with van der Waals surface area (Å²) in [5.74, 6) is -0.763. The molecule has 3 N–H and O–H groups in total. The number of nitrogens with two attached hydrogens (primary N) is 1. The zero-order chi connectivity index (χ0) is 30.2. The second-order valence-corrected chi connectivity index (χ2v) is 13.3. The standard InChI is InChI=1S/C33H31FN4O3S2/c1-19(2)22-9-11-23(12-10-22)24-4-3-5-25(17-24)31-26(14-21-8-13-30(43(35)41)27(34)15-21)29(16-20-6-7-20)38(37-31)33-36-28(18-42-33)32(39)40/h3-5,8-13,15,17-20H,6-7,14,16H2,1-2H3,(H2,35,41)(H,39,40)/p+1. The highest BCUT2D eigenvalue weighted by Crippen LogP contribution is 2.39. The Balaban J connectivity index is 1.50. The molecule has 1 aliphatic carbocycles. The molecule has 43 heavy (non-hydrogen) atoms. The Morgan fingerprint density at radius 1 is 1.09 bits per heavy atom. The van der Waals surface area contributed by atoms with Crippen molar-refractivity contribution in [2.75, 3.05) is 0 Å². The first-order valence-corrected chi connectivity index (χ1v) is 16.4. The summed E-state index contributed by atoms with van der Waals surface area (Å²) in [5.41, 5.74) is 7.56. The van der Waals surface area contributed by atoms with E-state index >= 15 is 0 Å². The number of benzene rings is 3. The summed E-state index contributed by atoms with van der Waals surface area (Å²) < 4.78 is 28.4. The van der Waals surface area contributed by atoms with Crippen LogP contribution >= 0.6 is 11.3 Å². The van der Waals surface area contributed by atoms with E-state index in [0.29, 0.717) is 29.0 Å². The molecule has 1 saturated carbocycles. The van der Waals surface area contributed by atoms with Crippen molar-refractivity contribution in [3.63, 3.8) is 0 Å². The Labute approximate surface area is 255 Å². The molecule has 3 aromatic carbocycles. The predicted molar refractivity (Wildman–Crippen MR) is 169 cm³/mol. The Morgan fingerprint density at radius 2 is 1.84 bits per heavy atom. The van der Waals surface area contributed by atoms with Gasteiger partial charge in [0.25, 0.3) is 0 Å². The van der Waals surface area contributed by atoms with Gasteiger partial charge in [-0.15, -0.1) is 16.5 Å². The summed E-state index contributed by atoms with van der Waals surface area (Å²) >= 11 is 1.23. The number of carboxylic acids is 1. The van der Waals surface area contributed by atoms with Crippen molar-refractivity contribution in [1.82, 2.24) is 14.8 Å². The molecule has 0 aliphatic heterocycles. The van der Waals surface area contributed by atoms with Crippen molar-refractivity contribution < 1.29 is 18.5 Å². The van der Waals surface area contributed by atoms with Crippen molar-refractivity contribution in [3.05, 3.63) is 106 Å². The van der Waals surface area contributed by atoms with Crippen LogP contribution in [0, 0.1) is 11.7 Å². The van der Waals surface area contributed by atoms with Crippen LogP contribution in [0.25, 0.3) is 27.5 Å². The van der Waals surface area contributed by atoms with E-state index in [9.17, 15) is 18.5 Å². The van der Waals surface area contributed by atoms with E-state index in [1.165, 1.54) is 34.4 Å². The minimum Gasteiger partial charge on any atom is -0.476 e. The fraction of sp³-hybridized carbons (Fsp3) is 0.242. The van der Waals surface area contributed by atoms with Gasteiger partial charge in [0, 0.05) is 22.9 Å². The number of carboxylic acid groups (broad SMARTS) is 1. The number of nitrogens with zero attached hydrogens (tertiary/aromatic N) is 3. The van der Waals surface area contributed by atoms with Gasteiger partial charge in [-0.05, 0) is 71.6 Å². The van der Waals surface area contributed by atoms with Crippen molar-refractivity contribution in [2.45, 2.75) is 50.3 Å². The molecule has 0 saturated heterocycles. The molecule has 1 unspecified atom stereocenters. The number of thiol groups is 1. The van der Waals surface area contributed by atoms with Crippen molar-refractivity contribution >= 4 is 28.3 Å². The lowest BCUT2D eigenvalue weighted by atomic mass is 9.94. The maximum Gasteiger partial charge on any atom is 0.355 e. The first-order chi connectivity index (χ1) is 20.7. The summed E-state index contributed by atoms with van der Waals surface area (Å²) in [6.45, 7) is 4.34. The molecule has 2 heterocycles. The molecular weight excluding hydrogens is 584 g/mol. The fourth-order valence-electron chi connectivity index (χ4n) is 5.28. The lowest BCUT2D eigenvalue weighted by molar-refractivity contribution is 0.0691. The van der Waals surface area contributed by atoms with E-state index in [-0.39, 0.29) is 10.6 Å². The fourth-order valence-corrected chi connectivity index (χ4v) is 6.54. The highest BCUT2D eigenvalue weighted by molar-refractivity contribution is 7.82. The Morgan fingerprint density at radius 3 is 2.47 bits per heavy atom. The lowest BCUT2D eigenvalue weighted by Crippen LogP contribution is -2.07. The minimum absolute atomic E-state index is 0.00644. The van der Waals surface area contributed by atoms with Gasteiger partial charge in [0.15, 0.2) is 22.5 Å². The molecule has 2 aromatic heterocycles. The molecule has 0 amide bonds. The Hall–Kier alpha value is -3.99. The zero-order valence-electron chi connectivity index (χ0n) is 23.8. The number of aromatic carboxylic acids is 1. The normalized spacial score (nSPS) is 13.9. The second-order valence-electron chi connectivity index (χ2n) is 11.3. The molecule has 10 heteroatoms. The van der Waals surface area contributed by atoms with Gasteiger partial charge >= 0.3 is 5.97 Å². The molecule has 0 spiro atoms. The monoisotopic (exact) mass is 615 g/mol. The average molecular weight is 616 g/mol. The van der Waals surface area contributed by atoms with Gasteiger partial charge in [-0.3, -0.25) is 0 Å². The number of thiazole rings is 1. The van der Waals surface area contributed by atoms with Crippen LogP contribution in [0.4, 0.5) is 4.39 Å². The maximum atomic E-state index is 14.9. The van der Waals surface area contributed by atoms with Gasteiger partial charge in [-0.1, -0.05) is 66.6 Å². The third kappa shape index (κ3) is 6.22. The quantitative estimate of drug-likeness (QED) is 0.129. The smallest absolute Gasteiger partial charge is 0.355 e. The third-order valence-electron chi connectivity index (χ3n) is 7.84. The van der Waals surface area contributed by atoms with Gasteiger partial charge in [0.05, 0.1) is 11.4 Å². The van der Waals surface area contributed by atoms with Gasteiger partial charge in [0.2, 0.25) is 10.0 Å². The van der Waals surface area contributed by atoms with Crippen LogP contribution in [-0.2, 0) is 28.0 Å².